The molecule has 2 aliphatic heterocycles. The zero-order valence-electron chi connectivity index (χ0n) is 13.3. The van der Waals surface area contributed by atoms with E-state index in [9.17, 15) is 14.4 Å². The lowest BCUT2D eigenvalue weighted by Crippen LogP contribution is -2.37. The van der Waals surface area contributed by atoms with Gasteiger partial charge in [-0.05, 0) is 20.8 Å². The van der Waals surface area contributed by atoms with Crippen LogP contribution in [0.15, 0.2) is 21.9 Å². The van der Waals surface area contributed by atoms with Gasteiger partial charge < -0.3 is 14.2 Å². The fraction of sp³-hybridized carbons (Fsp3) is 0.667. The highest BCUT2D eigenvalue weighted by Gasteiger charge is 2.49. The largest absolute Gasteiger partial charge is 0.457 e. The smallest absolute Gasteiger partial charge is 0.330 e. The fourth-order valence-electron chi connectivity index (χ4n) is 2.71. The molecule has 0 bridgehead atoms. The monoisotopic (exact) mass is 324 g/mol. The summed E-state index contributed by atoms with van der Waals surface area (Å²) in [6.07, 6.45) is 0.158. The number of nitrogens with one attached hydrogen (secondary N) is 1. The van der Waals surface area contributed by atoms with Crippen molar-refractivity contribution in [1.29, 1.82) is 0 Å². The van der Waals surface area contributed by atoms with Crippen LogP contribution in [0.1, 0.15) is 33.4 Å². The number of nitrogens with zero attached hydrogens (tertiary/aromatic N) is 1. The molecule has 0 spiro atoms. The summed E-state index contributed by atoms with van der Waals surface area (Å²) in [7, 11) is 0. The molecule has 2 fully saturated rings. The van der Waals surface area contributed by atoms with Crippen molar-refractivity contribution in [3.8, 4) is 0 Å². The molecule has 3 rings (SSSR count). The Morgan fingerprint density at radius 3 is 2.78 bits per heavy atom. The lowest BCUT2D eigenvalue weighted by atomic mass is 9.97. The second-order valence-electron chi connectivity index (χ2n) is 6.87. The minimum atomic E-state index is -0.605. The van der Waals surface area contributed by atoms with E-state index >= 15 is 0 Å². The summed E-state index contributed by atoms with van der Waals surface area (Å²) < 4.78 is 18.3. The predicted molar refractivity (Wildman–Crippen MR) is 78.9 cm³/mol. The van der Waals surface area contributed by atoms with Crippen molar-refractivity contribution < 1.29 is 19.0 Å². The molecule has 2 aliphatic rings. The zero-order chi connectivity index (χ0) is 16.8. The number of hydrogen-bond donors (Lipinski definition) is 1. The average molecular weight is 324 g/mol. The van der Waals surface area contributed by atoms with Crippen molar-refractivity contribution in [3.63, 3.8) is 0 Å². The van der Waals surface area contributed by atoms with Gasteiger partial charge in [-0.3, -0.25) is 19.1 Å². The molecule has 1 aromatic heterocycles. The molecule has 8 nitrogen and oxygen atoms in total. The van der Waals surface area contributed by atoms with Crippen molar-refractivity contribution >= 4 is 5.97 Å². The van der Waals surface area contributed by atoms with Gasteiger partial charge in [-0.1, -0.05) is 0 Å². The number of fused-ring (bicyclic) bond motifs is 1. The predicted octanol–water partition coefficient (Wildman–Crippen LogP) is 0.181. The number of carbonyl (C=O) groups excluding carboxylic acids is 1. The molecule has 0 aromatic carbocycles. The molecule has 8 heteroatoms. The summed E-state index contributed by atoms with van der Waals surface area (Å²) >= 11 is 0. The van der Waals surface area contributed by atoms with Crippen LogP contribution in [0.2, 0.25) is 0 Å². The van der Waals surface area contributed by atoms with Crippen LogP contribution >= 0.6 is 0 Å². The normalized spacial score (nSPS) is 30.2. The van der Waals surface area contributed by atoms with Crippen LogP contribution in [0.5, 0.6) is 0 Å². The molecule has 0 radical (unpaired) electrons. The number of esters is 1. The molecule has 0 amide bonds. The number of carbonyl (C=O) groups is 1. The van der Waals surface area contributed by atoms with Crippen LogP contribution in [0, 0.1) is 5.41 Å². The Labute approximate surface area is 132 Å². The Bertz CT molecular complexity index is 716. The maximum atomic E-state index is 12.0. The van der Waals surface area contributed by atoms with Gasteiger partial charge in [0, 0.05) is 18.7 Å². The lowest BCUT2D eigenvalue weighted by molar-refractivity contribution is -0.165. The Kier molecular flexibility index (Phi) is 3.89. The summed E-state index contributed by atoms with van der Waals surface area (Å²) in [5.41, 5.74) is -1.60. The molecule has 3 heterocycles. The molecule has 0 saturated carbocycles. The van der Waals surface area contributed by atoms with Crippen molar-refractivity contribution in [1.82, 2.24) is 9.55 Å². The summed E-state index contributed by atoms with van der Waals surface area (Å²) in [5, 5.41) is 0. The van der Waals surface area contributed by atoms with Gasteiger partial charge in [0.15, 0.2) is 6.10 Å². The molecule has 2 saturated heterocycles. The van der Waals surface area contributed by atoms with Crippen molar-refractivity contribution in [3.05, 3.63) is 33.1 Å². The average Bonchev–Trinajstić information content (AvgIpc) is 2.99. The number of H-pyrrole nitrogens is 1. The van der Waals surface area contributed by atoms with Crippen LogP contribution in [-0.2, 0) is 19.0 Å². The second-order valence-corrected chi connectivity index (χ2v) is 6.87. The van der Waals surface area contributed by atoms with Gasteiger partial charge in [-0.15, -0.1) is 0 Å². The van der Waals surface area contributed by atoms with Gasteiger partial charge in [0.25, 0.3) is 5.56 Å². The van der Waals surface area contributed by atoms with Crippen molar-refractivity contribution in [2.24, 2.45) is 5.41 Å². The third kappa shape index (κ3) is 3.09. The first-order valence-electron chi connectivity index (χ1n) is 7.55. The van der Waals surface area contributed by atoms with Gasteiger partial charge in [-0.25, -0.2) is 4.79 Å². The van der Waals surface area contributed by atoms with E-state index in [0.717, 1.165) is 0 Å². The molecule has 4 atom stereocenters. The SMILES string of the molecule is CC(C)(C)C(=O)O[C@@H]1CO[C@@H]2C[C@H](n3ccc(=O)[nH]c3=O)O[C@@H]21. The van der Waals surface area contributed by atoms with E-state index in [0.29, 0.717) is 6.42 Å². The van der Waals surface area contributed by atoms with Crippen LogP contribution in [0.3, 0.4) is 0 Å². The molecule has 0 unspecified atom stereocenters. The molecule has 1 aromatic rings. The van der Waals surface area contributed by atoms with E-state index in [-0.39, 0.29) is 18.7 Å². The quantitative estimate of drug-likeness (QED) is 0.779. The molecular formula is C15H20N2O6. The first-order chi connectivity index (χ1) is 10.8. The number of rotatable bonds is 2. The standard InChI is InChI=1S/C15H20N2O6/c1-15(2,3)13(19)22-9-7-21-8-6-11(23-12(8)9)17-5-4-10(18)16-14(17)20/h4-5,8-9,11-12H,6-7H2,1-3H3,(H,16,18,20)/t8-,9-,11-,12+/m1/s1. The third-order valence-corrected chi connectivity index (χ3v) is 3.99. The summed E-state index contributed by atoms with van der Waals surface area (Å²) in [5.74, 6) is -0.319. The summed E-state index contributed by atoms with van der Waals surface area (Å²) in [6, 6.07) is 1.26. The summed E-state index contributed by atoms with van der Waals surface area (Å²) in [4.78, 5) is 37.2. The van der Waals surface area contributed by atoms with Crippen molar-refractivity contribution in [2.45, 2.75) is 51.7 Å². The highest BCUT2D eigenvalue weighted by atomic mass is 16.6. The van der Waals surface area contributed by atoms with Gasteiger partial charge in [0.2, 0.25) is 0 Å². The molecule has 1 N–H and O–H groups in total. The van der Waals surface area contributed by atoms with Gasteiger partial charge in [0.1, 0.15) is 12.3 Å². The van der Waals surface area contributed by atoms with E-state index in [2.05, 4.69) is 4.98 Å². The Balaban J connectivity index is 1.72. The minimum absolute atomic E-state index is 0.239. The van der Waals surface area contributed by atoms with E-state index in [1.54, 1.807) is 20.8 Å². The Morgan fingerprint density at radius 1 is 1.39 bits per heavy atom. The second kappa shape index (κ2) is 5.61. The maximum absolute atomic E-state index is 12.0. The fourth-order valence-corrected chi connectivity index (χ4v) is 2.71. The highest BCUT2D eigenvalue weighted by molar-refractivity contribution is 5.75. The Morgan fingerprint density at radius 2 is 2.13 bits per heavy atom. The van der Waals surface area contributed by atoms with E-state index < -0.39 is 35.1 Å². The topological polar surface area (TPSA) is 99.6 Å². The maximum Gasteiger partial charge on any atom is 0.330 e. The lowest BCUT2D eigenvalue weighted by Gasteiger charge is -2.23. The van der Waals surface area contributed by atoms with Crippen LogP contribution in [0.25, 0.3) is 0 Å². The van der Waals surface area contributed by atoms with Gasteiger partial charge >= 0.3 is 11.7 Å². The number of aromatic nitrogens is 2. The Hall–Kier alpha value is -1.93. The molecule has 23 heavy (non-hydrogen) atoms. The molecular weight excluding hydrogens is 304 g/mol. The number of ether oxygens (including phenoxy) is 3. The zero-order valence-corrected chi connectivity index (χ0v) is 13.3. The first kappa shape index (κ1) is 15.9. The van der Waals surface area contributed by atoms with E-state index in [1.807, 2.05) is 0 Å². The summed E-state index contributed by atoms with van der Waals surface area (Å²) in [6.45, 7) is 5.62. The highest BCUT2D eigenvalue weighted by Crippen LogP contribution is 2.37. The number of aromatic amines is 1. The number of hydrogen-bond acceptors (Lipinski definition) is 6. The van der Waals surface area contributed by atoms with Crippen molar-refractivity contribution in [2.75, 3.05) is 6.61 Å². The third-order valence-electron chi connectivity index (χ3n) is 3.99. The van der Waals surface area contributed by atoms with Crippen LogP contribution in [0.4, 0.5) is 0 Å². The minimum Gasteiger partial charge on any atom is -0.457 e. The van der Waals surface area contributed by atoms with Gasteiger partial charge in [0.05, 0.1) is 18.1 Å². The first-order valence-corrected chi connectivity index (χ1v) is 7.55. The molecule has 0 aliphatic carbocycles. The van der Waals surface area contributed by atoms with E-state index in [1.165, 1.54) is 16.8 Å². The van der Waals surface area contributed by atoms with Crippen LogP contribution in [-0.4, -0.2) is 40.4 Å². The molecule has 126 valence electrons. The van der Waals surface area contributed by atoms with E-state index in [4.69, 9.17) is 14.2 Å². The van der Waals surface area contributed by atoms with Gasteiger partial charge in [-0.2, -0.15) is 0 Å². The van der Waals surface area contributed by atoms with Crippen LogP contribution < -0.4 is 11.2 Å².